The molecular formula is C12H17NO. The summed E-state index contributed by atoms with van der Waals surface area (Å²) in [5.41, 5.74) is 0. The van der Waals surface area contributed by atoms with Crippen LogP contribution in [0.15, 0.2) is 30.3 Å². The van der Waals surface area contributed by atoms with Crippen LogP contribution in [-0.2, 0) is 0 Å². The Kier molecular flexibility index (Phi) is 3.04. The van der Waals surface area contributed by atoms with E-state index in [0.717, 1.165) is 18.8 Å². The monoisotopic (exact) mass is 191 g/mol. The highest BCUT2D eigenvalue weighted by Crippen LogP contribution is 2.19. The molecule has 0 saturated carbocycles. The highest BCUT2D eigenvalue weighted by atomic mass is 16.5. The van der Waals surface area contributed by atoms with Crippen LogP contribution < -0.4 is 10.1 Å². The van der Waals surface area contributed by atoms with E-state index in [2.05, 4.69) is 12.2 Å². The molecule has 0 radical (unpaired) electrons. The normalized spacial score (nSPS) is 23.4. The Hall–Kier alpha value is -1.02. The molecular weight excluding hydrogens is 174 g/mol. The van der Waals surface area contributed by atoms with Gasteiger partial charge in [0.05, 0.1) is 6.10 Å². The maximum absolute atomic E-state index is 5.86. The second-order valence-corrected chi connectivity index (χ2v) is 3.89. The molecule has 2 rings (SSSR count). The molecule has 1 aromatic carbocycles. The first-order valence-electron chi connectivity index (χ1n) is 5.28. The lowest BCUT2D eigenvalue weighted by Crippen LogP contribution is -2.25. The van der Waals surface area contributed by atoms with Gasteiger partial charge in [0.25, 0.3) is 0 Å². The third-order valence-corrected chi connectivity index (χ3v) is 2.83. The summed E-state index contributed by atoms with van der Waals surface area (Å²) >= 11 is 0. The number of benzene rings is 1. The second-order valence-electron chi connectivity index (χ2n) is 3.89. The minimum absolute atomic E-state index is 0.312. The van der Waals surface area contributed by atoms with Gasteiger partial charge in [0.15, 0.2) is 0 Å². The van der Waals surface area contributed by atoms with E-state index in [0.29, 0.717) is 12.0 Å². The number of para-hydroxylation sites is 1. The van der Waals surface area contributed by atoms with E-state index in [1.165, 1.54) is 6.42 Å². The SMILES string of the molecule is CC(Oc1ccccc1)C1CCNC1. The van der Waals surface area contributed by atoms with Gasteiger partial charge >= 0.3 is 0 Å². The van der Waals surface area contributed by atoms with Crippen LogP contribution in [0.3, 0.4) is 0 Å². The number of nitrogens with one attached hydrogen (secondary N) is 1. The lowest BCUT2D eigenvalue weighted by atomic mass is 10.0. The summed E-state index contributed by atoms with van der Waals surface area (Å²) in [6.45, 7) is 4.38. The molecule has 76 valence electrons. The molecule has 0 aliphatic carbocycles. The van der Waals surface area contributed by atoms with Crippen molar-refractivity contribution in [3.63, 3.8) is 0 Å². The summed E-state index contributed by atoms with van der Waals surface area (Å²) in [6, 6.07) is 10.1. The number of hydrogen-bond acceptors (Lipinski definition) is 2. The standard InChI is InChI=1S/C12H17NO/c1-10(11-7-8-13-9-11)14-12-5-3-2-4-6-12/h2-6,10-11,13H,7-9H2,1H3. The zero-order chi connectivity index (χ0) is 9.80. The Labute approximate surface area is 85.3 Å². The predicted molar refractivity (Wildman–Crippen MR) is 57.5 cm³/mol. The summed E-state index contributed by atoms with van der Waals surface area (Å²) < 4.78 is 5.86. The van der Waals surface area contributed by atoms with Crippen LogP contribution >= 0.6 is 0 Å². The Morgan fingerprint density at radius 3 is 2.79 bits per heavy atom. The lowest BCUT2D eigenvalue weighted by Gasteiger charge is -2.19. The smallest absolute Gasteiger partial charge is 0.119 e. The van der Waals surface area contributed by atoms with Crippen molar-refractivity contribution in [3.05, 3.63) is 30.3 Å². The highest BCUT2D eigenvalue weighted by Gasteiger charge is 2.22. The molecule has 0 amide bonds. The van der Waals surface area contributed by atoms with Gasteiger partial charge in [0.2, 0.25) is 0 Å². The Morgan fingerprint density at radius 2 is 2.14 bits per heavy atom. The average Bonchev–Trinajstić information content (AvgIpc) is 2.72. The maximum atomic E-state index is 5.86. The van der Waals surface area contributed by atoms with Crippen molar-refractivity contribution in [1.82, 2.24) is 5.32 Å². The molecule has 1 heterocycles. The first kappa shape index (κ1) is 9.53. The summed E-state index contributed by atoms with van der Waals surface area (Å²) in [4.78, 5) is 0. The molecule has 1 aliphatic heterocycles. The van der Waals surface area contributed by atoms with E-state index in [9.17, 15) is 0 Å². The van der Waals surface area contributed by atoms with Crippen molar-refractivity contribution in [1.29, 1.82) is 0 Å². The maximum Gasteiger partial charge on any atom is 0.119 e. The van der Waals surface area contributed by atoms with E-state index >= 15 is 0 Å². The van der Waals surface area contributed by atoms with E-state index in [-0.39, 0.29) is 0 Å². The summed E-state index contributed by atoms with van der Waals surface area (Å²) in [5, 5.41) is 3.36. The largest absolute Gasteiger partial charge is 0.490 e. The third kappa shape index (κ3) is 2.26. The van der Waals surface area contributed by atoms with Crippen LogP contribution in [0.2, 0.25) is 0 Å². The molecule has 1 fully saturated rings. The Bertz CT molecular complexity index is 267. The van der Waals surface area contributed by atoms with Crippen molar-refractivity contribution in [2.75, 3.05) is 13.1 Å². The molecule has 0 spiro atoms. The van der Waals surface area contributed by atoms with Gasteiger partial charge < -0.3 is 10.1 Å². The summed E-state index contributed by atoms with van der Waals surface area (Å²) in [7, 11) is 0. The molecule has 14 heavy (non-hydrogen) atoms. The molecule has 1 aliphatic rings. The summed E-state index contributed by atoms with van der Waals surface area (Å²) in [5.74, 6) is 1.64. The van der Waals surface area contributed by atoms with Gasteiger partial charge in [-0.2, -0.15) is 0 Å². The van der Waals surface area contributed by atoms with Crippen molar-refractivity contribution in [2.24, 2.45) is 5.92 Å². The van der Waals surface area contributed by atoms with E-state index < -0.39 is 0 Å². The molecule has 2 unspecified atom stereocenters. The van der Waals surface area contributed by atoms with E-state index in [4.69, 9.17) is 4.74 Å². The van der Waals surface area contributed by atoms with Gasteiger partial charge in [-0.15, -0.1) is 0 Å². The first-order valence-corrected chi connectivity index (χ1v) is 5.28. The van der Waals surface area contributed by atoms with Gasteiger partial charge in [0, 0.05) is 12.5 Å². The fourth-order valence-corrected chi connectivity index (χ4v) is 1.89. The number of hydrogen-bond donors (Lipinski definition) is 1. The van der Waals surface area contributed by atoms with Crippen LogP contribution in [0.25, 0.3) is 0 Å². The van der Waals surface area contributed by atoms with Crippen molar-refractivity contribution in [2.45, 2.75) is 19.4 Å². The minimum Gasteiger partial charge on any atom is -0.490 e. The van der Waals surface area contributed by atoms with Gasteiger partial charge in [-0.25, -0.2) is 0 Å². The van der Waals surface area contributed by atoms with E-state index in [1.807, 2.05) is 30.3 Å². The van der Waals surface area contributed by atoms with Gasteiger partial charge in [-0.1, -0.05) is 18.2 Å². The second kappa shape index (κ2) is 4.47. The molecule has 1 N–H and O–H groups in total. The van der Waals surface area contributed by atoms with Gasteiger partial charge in [-0.3, -0.25) is 0 Å². The minimum atomic E-state index is 0.312. The predicted octanol–water partition coefficient (Wildman–Crippen LogP) is 2.06. The summed E-state index contributed by atoms with van der Waals surface area (Å²) in [6.07, 6.45) is 1.54. The molecule has 2 heteroatoms. The zero-order valence-electron chi connectivity index (χ0n) is 8.57. The van der Waals surface area contributed by atoms with Crippen LogP contribution in [0.5, 0.6) is 5.75 Å². The Balaban J connectivity index is 1.90. The topological polar surface area (TPSA) is 21.3 Å². The molecule has 2 nitrogen and oxygen atoms in total. The van der Waals surface area contributed by atoms with Crippen LogP contribution in [0, 0.1) is 5.92 Å². The molecule has 0 bridgehead atoms. The fourth-order valence-electron chi connectivity index (χ4n) is 1.89. The van der Waals surface area contributed by atoms with Gasteiger partial charge in [-0.05, 0) is 32.0 Å². The zero-order valence-corrected chi connectivity index (χ0v) is 8.57. The molecule has 2 atom stereocenters. The number of rotatable bonds is 3. The van der Waals surface area contributed by atoms with Crippen LogP contribution in [-0.4, -0.2) is 19.2 Å². The van der Waals surface area contributed by atoms with Crippen LogP contribution in [0.1, 0.15) is 13.3 Å². The van der Waals surface area contributed by atoms with Crippen LogP contribution in [0.4, 0.5) is 0 Å². The fraction of sp³-hybridized carbons (Fsp3) is 0.500. The van der Waals surface area contributed by atoms with Gasteiger partial charge in [0.1, 0.15) is 5.75 Å². The Morgan fingerprint density at radius 1 is 1.36 bits per heavy atom. The van der Waals surface area contributed by atoms with Crippen molar-refractivity contribution in [3.8, 4) is 5.75 Å². The molecule has 0 aromatic heterocycles. The van der Waals surface area contributed by atoms with Crippen molar-refractivity contribution < 1.29 is 4.74 Å². The lowest BCUT2D eigenvalue weighted by molar-refractivity contribution is 0.161. The molecule has 1 saturated heterocycles. The van der Waals surface area contributed by atoms with Crippen molar-refractivity contribution >= 4 is 0 Å². The molecule has 1 aromatic rings. The highest BCUT2D eigenvalue weighted by molar-refractivity contribution is 5.21. The first-order chi connectivity index (χ1) is 6.86. The number of ether oxygens (including phenoxy) is 1. The quantitative estimate of drug-likeness (QED) is 0.789. The van der Waals surface area contributed by atoms with E-state index in [1.54, 1.807) is 0 Å². The third-order valence-electron chi connectivity index (χ3n) is 2.83. The average molecular weight is 191 g/mol.